The van der Waals surface area contributed by atoms with E-state index < -0.39 is 13.9 Å². The van der Waals surface area contributed by atoms with E-state index in [9.17, 15) is 14.3 Å². The highest BCUT2D eigenvalue weighted by Gasteiger charge is 2.25. The summed E-state index contributed by atoms with van der Waals surface area (Å²) in [6.07, 6.45) is 51.0. The van der Waals surface area contributed by atoms with Crippen LogP contribution in [0.1, 0.15) is 181 Å². The molecule has 0 aliphatic heterocycles. The molecule has 2 atom stereocenters. The first-order valence-electron chi connectivity index (χ1n) is 21.8. The highest BCUT2D eigenvalue weighted by molar-refractivity contribution is 7.47. The van der Waals surface area contributed by atoms with Crippen molar-refractivity contribution in [3.8, 4) is 0 Å². The van der Waals surface area contributed by atoms with Gasteiger partial charge in [-0.1, -0.05) is 158 Å². The van der Waals surface area contributed by atoms with Crippen LogP contribution in [0.25, 0.3) is 0 Å². The van der Waals surface area contributed by atoms with Crippen LogP contribution in [0.5, 0.6) is 0 Å². The molecule has 0 aromatic rings. The van der Waals surface area contributed by atoms with E-state index in [1.807, 2.05) is 0 Å². The third kappa shape index (κ3) is 41.4. The zero-order valence-corrected chi connectivity index (χ0v) is 35.6. The second kappa shape index (κ2) is 42.3. The maximum absolute atomic E-state index is 12.6. The number of carbonyl (C=O) groups is 1. The molecular formula is C45H82NO7P. The minimum absolute atomic E-state index is 0.0957. The van der Waals surface area contributed by atoms with Crippen LogP contribution in [0.4, 0.5) is 0 Å². The Hall–Kier alpha value is -1.80. The Morgan fingerprint density at radius 2 is 1.04 bits per heavy atom. The molecule has 0 aromatic carbocycles. The first kappa shape index (κ1) is 52.2. The van der Waals surface area contributed by atoms with Gasteiger partial charge < -0.3 is 20.1 Å². The molecule has 0 amide bonds. The van der Waals surface area contributed by atoms with Gasteiger partial charge in [-0.3, -0.25) is 13.8 Å². The molecule has 0 saturated heterocycles. The fourth-order valence-electron chi connectivity index (χ4n) is 5.75. The van der Waals surface area contributed by atoms with Crippen LogP contribution in [0, 0.1) is 0 Å². The van der Waals surface area contributed by atoms with Gasteiger partial charge in [-0.2, -0.15) is 0 Å². The molecule has 0 spiro atoms. The molecule has 0 aliphatic rings. The van der Waals surface area contributed by atoms with Crippen molar-refractivity contribution in [2.75, 3.05) is 33.0 Å². The van der Waals surface area contributed by atoms with Crippen LogP contribution >= 0.6 is 7.82 Å². The van der Waals surface area contributed by atoms with Crippen molar-refractivity contribution in [2.45, 2.75) is 187 Å². The maximum atomic E-state index is 12.6. The molecule has 9 heteroatoms. The third-order valence-corrected chi connectivity index (χ3v) is 9.90. The molecule has 314 valence electrons. The number of esters is 1. The number of phosphoric ester groups is 1. The Bertz CT molecular complexity index is 1010. The van der Waals surface area contributed by atoms with Gasteiger partial charge in [-0.15, -0.1) is 0 Å². The molecule has 0 aliphatic carbocycles. The van der Waals surface area contributed by atoms with E-state index in [0.29, 0.717) is 13.0 Å². The second-order valence-corrected chi connectivity index (χ2v) is 15.6. The van der Waals surface area contributed by atoms with Crippen molar-refractivity contribution in [1.29, 1.82) is 0 Å². The number of phosphoric acid groups is 1. The Morgan fingerprint density at radius 1 is 0.574 bits per heavy atom. The molecule has 0 saturated carbocycles. The van der Waals surface area contributed by atoms with Crippen molar-refractivity contribution in [3.05, 3.63) is 60.8 Å². The number of nitrogens with two attached hydrogens (primary N) is 1. The van der Waals surface area contributed by atoms with E-state index >= 15 is 0 Å². The first-order valence-corrected chi connectivity index (χ1v) is 23.3. The van der Waals surface area contributed by atoms with E-state index in [1.165, 1.54) is 89.9 Å². The van der Waals surface area contributed by atoms with E-state index in [0.717, 1.165) is 70.6 Å². The van der Waals surface area contributed by atoms with Gasteiger partial charge in [0.1, 0.15) is 6.10 Å². The molecule has 3 N–H and O–H groups in total. The zero-order valence-electron chi connectivity index (χ0n) is 34.7. The molecule has 54 heavy (non-hydrogen) atoms. The van der Waals surface area contributed by atoms with E-state index in [-0.39, 0.29) is 32.3 Å². The minimum atomic E-state index is -4.28. The number of hydrogen-bond donors (Lipinski definition) is 2. The Labute approximate surface area is 332 Å². The third-order valence-electron chi connectivity index (χ3n) is 8.92. The van der Waals surface area contributed by atoms with Gasteiger partial charge in [-0.25, -0.2) is 4.57 Å². The summed E-state index contributed by atoms with van der Waals surface area (Å²) < 4.78 is 33.4. The van der Waals surface area contributed by atoms with Crippen molar-refractivity contribution in [3.63, 3.8) is 0 Å². The summed E-state index contributed by atoms with van der Waals surface area (Å²) in [4.78, 5) is 22.4. The Balaban J connectivity index is 4.01. The fourth-order valence-corrected chi connectivity index (χ4v) is 6.51. The molecular weight excluding hydrogens is 697 g/mol. The van der Waals surface area contributed by atoms with Gasteiger partial charge in [0.05, 0.1) is 19.8 Å². The number of unbranched alkanes of at least 4 members (excludes halogenated alkanes) is 18. The zero-order chi connectivity index (χ0) is 39.5. The van der Waals surface area contributed by atoms with Crippen molar-refractivity contribution < 1.29 is 32.8 Å². The lowest BCUT2D eigenvalue weighted by Crippen LogP contribution is -2.28. The number of allylic oxidation sites excluding steroid dienone is 10. The predicted molar refractivity (Wildman–Crippen MR) is 229 cm³/mol. The number of hydrogen-bond acceptors (Lipinski definition) is 7. The monoisotopic (exact) mass is 780 g/mol. The lowest BCUT2D eigenvalue weighted by atomic mass is 10.1. The highest BCUT2D eigenvalue weighted by atomic mass is 31.2. The Morgan fingerprint density at radius 3 is 1.57 bits per heavy atom. The number of carbonyl (C=O) groups excluding carboxylic acids is 1. The minimum Gasteiger partial charge on any atom is -0.457 e. The highest BCUT2D eigenvalue weighted by Crippen LogP contribution is 2.43. The van der Waals surface area contributed by atoms with Gasteiger partial charge in [0.15, 0.2) is 0 Å². The molecule has 0 fully saturated rings. The van der Waals surface area contributed by atoms with Gasteiger partial charge in [0.2, 0.25) is 0 Å². The topological polar surface area (TPSA) is 117 Å². The summed E-state index contributed by atoms with van der Waals surface area (Å²) in [6.45, 7) is 4.76. The van der Waals surface area contributed by atoms with Gasteiger partial charge in [0.25, 0.3) is 0 Å². The summed E-state index contributed by atoms with van der Waals surface area (Å²) in [5.74, 6) is -0.344. The van der Waals surface area contributed by atoms with E-state index in [2.05, 4.69) is 74.6 Å². The second-order valence-electron chi connectivity index (χ2n) is 14.2. The SMILES string of the molecule is CC/C=C\C/C=C\C/C=C\C/C=C\CCCCCCCCCCCOCC(COP(=O)(O)OCCN)OC(=O)CCCCCCC/C=C\CCCCCC. The number of rotatable bonds is 41. The van der Waals surface area contributed by atoms with Crippen LogP contribution < -0.4 is 5.73 Å². The molecule has 0 heterocycles. The predicted octanol–water partition coefficient (Wildman–Crippen LogP) is 13.0. The van der Waals surface area contributed by atoms with Gasteiger partial charge in [0, 0.05) is 19.6 Å². The molecule has 0 radical (unpaired) electrons. The summed E-state index contributed by atoms with van der Waals surface area (Å²) >= 11 is 0. The van der Waals surface area contributed by atoms with Crippen molar-refractivity contribution >= 4 is 13.8 Å². The van der Waals surface area contributed by atoms with Gasteiger partial charge in [-0.05, 0) is 77.0 Å². The lowest BCUT2D eigenvalue weighted by Gasteiger charge is -2.20. The summed E-state index contributed by atoms with van der Waals surface area (Å²) in [7, 11) is -4.28. The largest absolute Gasteiger partial charge is 0.472 e. The average molecular weight is 780 g/mol. The van der Waals surface area contributed by atoms with Crippen LogP contribution in [0.15, 0.2) is 60.8 Å². The number of ether oxygens (including phenoxy) is 2. The summed E-state index contributed by atoms with van der Waals surface area (Å²) in [5.41, 5.74) is 5.37. The quantitative estimate of drug-likeness (QED) is 0.0273. The summed E-state index contributed by atoms with van der Waals surface area (Å²) in [5, 5.41) is 0. The smallest absolute Gasteiger partial charge is 0.457 e. The molecule has 2 unspecified atom stereocenters. The first-order chi connectivity index (χ1) is 26.4. The molecule has 0 bridgehead atoms. The normalized spacial score (nSPS) is 14.1. The Kier molecular flexibility index (Phi) is 40.9. The standard InChI is InChI=1S/C45H82NO7P/c1-3-5-7-9-11-13-15-17-18-19-20-21-22-23-24-25-27-29-31-33-35-37-40-50-42-44(43-52-54(48,49)51-41-39-46)53-45(47)38-36-34-32-30-28-26-16-14-12-10-8-6-4-2/h5,7,11,13-14,16-18,20-21,44H,3-4,6,8-10,12,15,19,22-43,46H2,1-2H3,(H,48,49)/b7-5-,13-11-,16-14-,18-17-,21-20-. The maximum Gasteiger partial charge on any atom is 0.472 e. The van der Waals surface area contributed by atoms with Crippen LogP contribution in [-0.2, 0) is 27.9 Å². The van der Waals surface area contributed by atoms with E-state index in [1.54, 1.807) is 0 Å². The van der Waals surface area contributed by atoms with Crippen molar-refractivity contribution in [2.24, 2.45) is 5.73 Å². The van der Waals surface area contributed by atoms with Gasteiger partial charge >= 0.3 is 13.8 Å². The van der Waals surface area contributed by atoms with Crippen LogP contribution in [0.2, 0.25) is 0 Å². The summed E-state index contributed by atoms with van der Waals surface area (Å²) in [6, 6.07) is 0. The fraction of sp³-hybridized carbons (Fsp3) is 0.756. The lowest BCUT2D eigenvalue weighted by molar-refractivity contribution is -0.154. The molecule has 0 rings (SSSR count). The van der Waals surface area contributed by atoms with Crippen molar-refractivity contribution in [1.82, 2.24) is 0 Å². The van der Waals surface area contributed by atoms with E-state index in [4.69, 9.17) is 24.3 Å². The van der Waals surface area contributed by atoms with Crippen LogP contribution in [0.3, 0.4) is 0 Å². The molecule has 0 aromatic heterocycles. The average Bonchev–Trinajstić information content (AvgIpc) is 3.16. The van der Waals surface area contributed by atoms with Crippen LogP contribution in [-0.4, -0.2) is 49.9 Å². The molecule has 8 nitrogen and oxygen atoms in total.